The summed E-state index contributed by atoms with van der Waals surface area (Å²) in [7, 11) is 1.75. The lowest BCUT2D eigenvalue weighted by atomic mass is 10.1. The van der Waals surface area contributed by atoms with Crippen molar-refractivity contribution in [3.63, 3.8) is 0 Å². The van der Waals surface area contributed by atoms with Gasteiger partial charge in [0.25, 0.3) is 5.69 Å². The van der Waals surface area contributed by atoms with Crippen LogP contribution in [-0.4, -0.2) is 23.4 Å². The molecule has 0 aliphatic heterocycles. The van der Waals surface area contributed by atoms with E-state index in [0.717, 1.165) is 0 Å². The molecular formula is C10H10BrN3O2. The molecule has 1 rings (SSSR count). The van der Waals surface area contributed by atoms with Gasteiger partial charge in [0.2, 0.25) is 0 Å². The molecule has 0 fully saturated rings. The Kier molecular flexibility index (Phi) is 4.40. The Morgan fingerprint density at radius 3 is 2.88 bits per heavy atom. The van der Waals surface area contributed by atoms with Crippen LogP contribution < -0.4 is 0 Å². The summed E-state index contributed by atoms with van der Waals surface area (Å²) in [5.41, 5.74) is 0.671. The normalized spacial score (nSPS) is 10.1. The van der Waals surface area contributed by atoms with Gasteiger partial charge >= 0.3 is 0 Å². The first-order valence-electron chi connectivity index (χ1n) is 4.53. The highest BCUT2D eigenvalue weighted by molar-refractivity contribution is 9.10. The Morgan fingerprint density at radius 1 is 1.62 bits per heavy atom. The highest BCUT2D eigenvalue weighted by Crippen LogP contribution is 2.24. The molecule has 0 saturated carbocycles. The fourth-order valence-electron chi connectivity index (χ4n) is 1.31. The highest BCUT2D eigenvalue weighted by atomic mass is 79.9. The number of nitriles is 1. The molecule has 0 N–H and O–H groups in total. The highest BCUT2D eigenvalue weighted by Gasteiger charge is 2.15. The minimum Gasteiger partial charge on any atom is -0.289 e. The zero-order valence-corrected chi connectivity index (χ0v) is 10.3. The van der Waals surface area contributed by atoms with E-state index in [-0.39, 0.29) is 12.2 Å². The average Bonchev–Trinajstić information content (AvgIpc) is 2.20. The van der Waals surface area contributed by atoms with Gasteiger partial charge in [0.05, 0.1) is 17.5 Å². The van der Waals surface area contributed by atoms with E-state index in [1.54, 1.807) is 24.1 Å². The molecule has 84 valence electrons. The first-order chi connectivity index (χ1) is 7.54. The summed E-state index contributed by atoms with van der Waals surface area (Å²) < 4.78 is 0.672. The van der Waals surface area contributed by atoms with Crippen molar-refractivity contribution in [1.29, 1.82) is 5.26 Å². The van der Waals surface area contributed by atoms with E-state index in [1.165, 1.54) is 6.07 Å². The van der Waals surface area contributed by atoms with Gasteiger partial charge in [-0.25, -0.2) is 0 Å². The molecule has 1 aromatic carbocycles. The lowest BCUT2D eigenvalue weighted by molar-refractivity contribution is -0.385. The van der Waals surface area contributed by atoms with E-state index in [2.05, 4.69) is 15.9 Å². The zero-order valence-electron chi connectivity index (χ0n) is 8.68. The predicted octanol–water partition coefficient (Wildman–Crippen LogP) is 2.31. The number of benzene rings is 1. The third-order valence-corrected chi connectivity index (χ3v) is 2.52. The molecule has 1 aromatic rings. The summed E-state index contributed by atoms with van der Waals surface area (Å²) in [4.78, 5) is 12.1. The van der Waals surface area contributed by atoms with Gasteiger partial charge in [0.1, 0.15) is 0 Å². The predicted molar refractivity (Wildman–Crippen MR) is 62.7 cm³/mol. The summed E-state index contributed by atoms with van der Waals surface area (Å²) in [5, 5.41) is 19.3. The van der Waals surface area contributed by atoms with Crippen LogP contribution in [0.2, 0.25) is 0 Å². The fraction of sp³-hybridized carbons (Fsp3) is 0.300. The van der Waals surface area contributed by atoms with Crippen molar-refractivity contribution >= 4 is 21.6 Å². The summed E-state index contributed by atoms with van der Waals surface area (Å²) in [6.07, 6.45) is 0. The van der Waals surface area contributed by atoms with E-state index in [1.807, 2.05) is 6.07 Å². The topological polar surface area (TPSA) is 70.2 Å². The second kappa shape index (κ2) is 5.58. The first kappa shape index (κ1) is 12.6. The van der Waals surface area contributed by atoms with Gasteiger partial charge in [-0.2, -0.15) is 5.26 Å². The molecule has 0 radical (unpaired) electrons. The lowest BCUT2D eigenvalue weighted by Crippen LogP contribution is -2.18. The molecule has 5 nitrogen and oxygen atoms in total. The van der Waals surface area contributed by atoms with Crippen molar-refractivity contribution in [2.45, 2.75) is 6.54 Å². The average molecular weight is 284 g/mol. The maximum absolute atomic E-state index is 10.8. The van der Waals surface area contributed by atoms with Gasteiger partial charge in [0, 0.05) is 22.6 Å². The van der Waals surface area contributed by atoms with Crippen LogP contribution in [0.5, 0.6) is 0 Å². The van der Waals surface area contributed by atoms with Crippen LogP contribution in [-0.2, 0) is 6.54 Å². The minimum absolute atomic E-state index is 0.0687. The first-order valence-corrected chi connectivity index (χ1v) is 5.32. The summed E-state index contributed by atoms with van der Waals surface area (Å²) in [5.74, 6) is 0. The van der Waals surface area contributed by atoms with Crippen molar-refractivity contribution in [3.05, 3.63) is 38.3 Å². The SMILES string of the molecule is CN(CC#N)Cc1ccc(Br)cc1[N+](=O)[O-]. The smallest absolute Gasteiger partial charge is 0.275 e. The Labute approximate surface area is 102 Å². The van der Waals surface area contributed by atoms with Crippen LogP contribution in [0.4, 0.5) is 5.69 Å². The molecule has 0 atom stereocenters. The number of rotatable bonds is 4. The number of nitrogens with zero attached hydrogens (tertiary/aromatic N) is 3. The molecule has 0 aliphatic rings. The molecule has 0 heterocycles. The maximum Gasteiger partial charge on any atom is 0.275 e. The van der Waals surface area contributed by atoms with Crippen LogP contribution in [0, 0.1) is 21.4 Å². The molecule has 0 aromatic heterocycles. The van der Waals surface area contributed by atoms with Crippen LogP contribution in [0.3, 0.4) is 0 Å². The number of hydrogen-bond acceptors (Lipinski definition) is 4. The largest absolute Gasteiger partial charge is 0.289 e. The standard InChI is InChI=1S/C10H10BrN3O2/c1-13(5-4-12)7-8-2-3-9(11)6-10(8)14(15)16/h2-3,6H,5,7H2,1H3. The van der Waals surface area contributed by atoms with Crippen LogP contribution in [0.15, 0.2) is 22.7 Å². The van der Waals surface area contributed by atoms with Crippen molar-refractivity contribution in [2.24, 2.45) is 0 Å². The van der Waals surface area contributed by atoms with Gasteiger partial charge in [-0.1, -0.05) is 15.9 Å². The van der Waals surface area contributed by atoms with Crippen LogP contribution in [0.25, 0.3) is 0 Å². The van der Waals surface area contributed by atoms with Gasteiger partial charge in [-0.15, -0.1) is 0 Å². The lowest BCUT2D eigenvalue weighted by Gasteiger charge is -2.12. The molecule has 16 heavy (non-hydrogen) atoms. The van der Waals surface area contributed by atoms with Gasteiger partial charge < -0.3 is 0 Å². The third kappa shape index (κ3) is 3.29. The van der Waals surface area contributed by atoms with Gasteiger partial charge in [-0.05, 0) is 19.2 Å². The number of halogens is 1. The summed E-state index contributed by atoms with van der Waals surface area (Å²) in [6, 6.07) is 6.91. The van der Waals surface area contributed by atoms with Crippen molar-refractivity contribution in [1.82, 2.24) is 4.90 Å². The molecule has 0 spiro atoms. The Balaban J connectivity index is 2.96. The molecule has 0 unspecified atom stereocenters. The second-order valence-electron chi connectivity index (χ2n) is 3.36. The van der Waals surface area contributed by atoms with Gasteiger partial charge in [-0.3, -0.25) is 15.0 Å². The van der Waals surface area contributed by atoms with E-state index in [9.17, 15) is 10.1 Å². The summed E-state index contributed by atoms with van der Waals surface area (Å²) >= 11 is 3.19. The minimum atomic E-state index is -0.416. The monoisotopic (exact) mass is 283 g/mol. The summed E-state index contributed by atoms with van der Waals surface area (Å²) in [6.45, 7) is 0.629. The van der Waals surface area contributed by atoms with E-state index >= 15 is 0 Å². The Morgan fingerprint density at radius 2 is 2.31 bits per heavy atom. The Bertz CT molecular complexity index is 442. The number of nitro groups is 1. The van der Waals surface area contributed by atoms with Crippen molar-refractivity contribution in [2.75, 3.05) is 13.6 Å². The fourth-order valence-corrected chi connectivity index (χ4v) is 1.66. The second-order valence-corrected chi connectivity index (χ2v) is 4.28. The molecular weight excluding hydrogens is 274 g/mol. The van der Waals surface area contributed by atoms with E-state index in [0.29, 0.717) is 16.6 Å². The molecule has 0 amide bonds. The zero-order chi connectivity index (χ0) is 12.1. The van der Waals surface area contributed by atoms with Crippen molar-refractivity contribution < 1.29 is 4.92 Å². The molecule has 0 saturated heterocycles. The molecule has 0 aliphatic carbocycles. The third-order valence-electron chi connectivity index (χ3n) is 2.02. The van der Waals surface area contributed by atoms with Gasteiger partial charge in [0.15, 0.2) is 0 Å². The van der Waals surface area contributed by atoms with Crippen LogP contribution in [0.1, 0.15) is 5.56 Å². The Hall–Kier alpha value is -1.45. The van der Waals surface area contributed by atoms with Crippen molar-refractivity contribution in [3.8, 4) is 6.07 Å². The molecule has 0 bridgehead atoms. The number of hydrogen-bond donors (Lipinski definition) is 0. The number of nitro benzene ring substituents is 1. The van der Waals surface area contributed by atoms with E-state index in [4.69, 9.17) is 5.26 Å². The van der Waals surface area contributed by atoms with E-state index < -0.39 is 4.92 Å². The van der Waals surface area contributed by atoms with Crippen LogP contribution >= 0.6 is 15.9 Å². The molecule has 6 heteroatoms. The maximum atomic E-state index is 10.8. The quantitative estimate of drug-likeness (QED) is 0.483.